The molecule has 1 aromatic carbocycles. The Hall–Kier alpha value is -1.90. The van der Waals surface area contributed by atoms with Crippen molar-refractivity contribution in [2.45, 2.75) is 24.3 Å². The molecule has 0 aliphatic carbocycles. The number of hydrogen-bond donors (Lipinski definition) is 3. The second-order valence-electron chi connectivity index (χ2n) is 6.28. The maximum atomic E-state index is 12.3. The Morgan fingerprint density at radius 2 is 1.90 bits per heavy atom. The van der Waals surface area contributed by atoms with E-state index in [2.05, 4.69) is 15.4 Å². The molecule has 170 valence electrons. The van der Waals surface area contributed by atoms with Gasteiger partial charge in [-0.15, -0.1) is 0 Å². The number of hydrogen-bond acceptors (Lipinski definition) is 9. The summed E-state index contributed by atoms with van der Waals surface area (Å²) in [5.41, 5.74) is -0.301. The molecule has 14 heteroatoms. The number of nitro groups is 1. The van der Waals surface area contributed by atoms with E-state index in [0.29, 0.717) is 12.2 Å². The summed E-state index contributed by atoms with van der Waals surface area (Å²) < 4.78 is 49.1. The molecule has 0 bridgehead atoms. The average Bonchev–Trinajstić information content (AvgIpc) is 2.67. The molecule has 1 rings (SSSR count). The molecule has 3 N–H and O–H groups in total. The Morgan fingerprint density at radius 1 is 1.23 bits per heavy atom. The maximum absolute atomic E-state index is 12.3. The fraction of sp³-hybridized carbons (Fsp3) is 0.562. The van der Waals surface area contributed by atoms with Crippen molar-refractivity contribution < 1.29 is 26.6 Å². The summed E-state index contributed by atoms with van der Waals surface area (Å²) in [6, 6.07) is 2.59. The summed E-state index contributed by atoms with van der Waals surface area (Å²) in [5, 5.41) is 16.6. The Morgan fingerprint density at radius 3 is 2.43 bits per heavy atom. The molecule has 0 aliphatic heterocycles. The second kappa shape index (κ2) is 11.5. The first-order chi connectivity index (χ1) is 13.9. The first-order valence-electron chi connectivity index (χ1n) is 8.90. The normalized spacial score (nSPS) is 12.9. The molecule has 0 spiro atoms. The average molecular weight is 483 g/mol. The highest BCUT2D eigenvalue weighted by Gasteiger charge is 2.23. The van der Waals surface area contributed by atoms with E-state index >= 15 is 0 Å². The summed E-state index contributed by atoms with van der Waals surface area (Å²) >= 11 is 1.48. The van der Waals surface area contributed by atoms with Gasteiger partial charge in [-0.3, -0.25) is 14.9 Å². The molecule has 0 saturated carbocycles. The predicted molar refractivity (Wildman–Crippen MR) is 117 cm³/mol. The third-order valence-corrected chi connectivity index (χ3v) is 7.12. The Labute approximate surface area is 180 Å². The van der Waals surface area contributed by atoms with Crippen LogP contribution in [0.1, 0.15) is 13.3 Å². The van der Waals surface area contributed by atoms with Gasteiger partial charge in [0.25, 0.3) is 5.69 Å². The van der Waals surface area contributed by atoms with Crippen LogP contribution in [-0.4, -0.2) is 70.8 Å². The van der Waals surface area contributed by atoms with Crippen molar-refractivity contribution in [3.05, 3.63) is 28.3 Å². The summed E-state index contributed by atoms with van der Waals surface area (Å²) in [4.78, 5) is 22.7. The first kappa shape index (κ1) is 26.1. The number of nitro benzene ring substituents is 1. The highest BCUT2D eigenvalue weighted by Crippen LogP contribution is 2.27. The van der Waals surface area contributed by atoms with Gasteiger partial charge in [-0.2, -0.15) is 11.8 Å². The molecule has 0 aromatic heterocycles. The van der Waals surface area contributed by atoms with Crippen molar-refractivity contribution in [1.82, 2.24) is 10.0 Å². The summed E-state index contributed by atoms with van der Waals surface area (Å²) in [6.07, 6.45) is 3.11. The number of sulfonamides is 1. The third kappa shape index (κ3) is 8.45. The number of amides is 1. The van der Waals surface area contributed by atoms with E-state index in [9.17, 15) is 31.7 Å². The molecule has 0 saturated heterocycles. The standard InChI is InChI=1S/C16H26N4O7S3/c1-4-30(26,27)19-14(7-10-28-2)16(21)18-9-8-17-13-6-5-12(29(3,24)25)11-15(13)20(22)23/h5-6,11,14,17,19H,4,7-10H2,1-3H3,(H,18,21). The van der Waals surface area contributed by atoms with E-state index in [-0.39, 0.29) is 29.4 Å². The van der Waals surface area contributed by atoms with Gasteiger partial charge in [0.05, 0.1) is 15.6 Å². The molecule has 0 radical (unpaired) electrons. The fourth-order valence-corrected chi connectivity index (χ4v) is 4.27. The number of rotatable bonds is 13. The number of nitrogens with one attached hydrogen (secondary N) is 3. The minimum Gasteiger partial charge on any atom is -0.378 e. The van der Waals surface area contributed by atoms with Crippen molar-refractivity contribution in [1.29, 1.82) is 0 Å². The van der Waals surface area contributed by atoms with Crippen molar-refractivity contribution in [3.63, 3.8) is 0 Å². The SMILES string of the molecule is CCS(=O)(=O)NC(CCSC)C(=O)NCCNc1ccc(S(C)(=O)=O)cc1[N+](=O)[O-]. The molecule has 1 aromatic rings. The van der Waals surface area contributed by atoms with Gasteiger partial charge in [0.15, 0.2) is 9.84 Å². The first-order valence-corrected chi connectivity index (χ1v) is 13.8. The summed E-state index contributed by atoms with van der Waals surface area (Å²) in [5.74, 6) is -0.0589. The minimum atomic E-state index is -3.59. The Bertz CT molecular complexity index is 965. The number of anilines is 1. The van der Waals surface area contributed by atoms with E-state index in [0.717, 1.165) is 12.3 Å². The largest absolute Gasteiger partial charge is 0.378 e. The van der Waals surface area contributed by atoms with E-state index in [1.807, 2.05) is 6.26 Å². The fourth-order valence-electron chi connectivity index (χ4n) is 2.33. The Balaban J connectivity index is 2.74. The Kier molecular flexibility index (Phi) is 10.0. The maximum Gasteiger partial charge on any atom is 0.293 e. The zero-order valence-electron chi connectivity index (χ0n) is 16.9. The third-order valence-electron chi connectivity index (χ3n) is 3.96. The van der Waals surface area contributed by atoms with Gasteiger partial charge in [-0.1, -0.05) is 0 Å². The molecule has 1 atom stereocenters. The zero-order valence-corrected chi connectivity index (χ0v) is 19.3. The molecule has 30 heavy (non-hydrogen) atoms. The topological polar surface area (TPSA) is 165 Å². The van der Waals surface area contributed by atoms with E-state index in [1.54, 1.807) is 0 Å². The number of sulfone groups is 1. The lowest BCUT2D eigenvalue weighted by molar-refractivity contribution is -0.384. The molecule has 0 heterocycles. The highest BCUT2D eigenvalue weighted by atomic mass is 32.2. The lowest BCUT2D eigenvalue weighted by Crippen LogP contribution is -2.48. The number of carbonyl (C=O) groups excluding carboxylic acids is 1. The monoisotopic (exact) mass is 482 g/mol. The molecule has 1 unspecified atom stereocenters. The minimum absolute atomic E-state index is 0.0768. The molecule has 0 aliphatic rings. The number of nitrogens with zero attached hydrogens (tertiary/aromatic N) is 1. The van der Waals surface area contributed by atoms with Crippen molar-refractivity contribution in [2.75, 3.05) is 42.4 Å². The lowest BCUT2D eigenvalue weighted by Gasteiger charge is -2.18. The van der Waals surface area contributed by atoms with Crippen LogP contribution in [0.2, 0.25) is 0 Å². The second-order valence-corrected chi connectivity index (χ2v) is 11.3. The van der Waals surface area contributed by atoms with Gasteiger partial charge in [-0.25, -0.2) is 21.6 Å². The van der Waals surface area contributed by atoms with Crippen LogP contribution in [0.4, 0.5) is 11.4 Å². The van der Waals surface area contributed by atoms with Gasteiger partial charge in [-0.05, 0) is 37.5 Å². The lowest BCUT2D eigenvalue weighted by atomic mass is 10.2. The van der Waals surface area contributed by atoms with Gasteiger partial charge in [0.2, 0.25) is 15.9 Å². The molecular formula is C16H26N4O7S3. The number of thioether (sulfide) groups is 1. The summed E-state index contributed by atoms with van der Waals surface area (Å²) in [7, 11) is -7.15. The molecular weight excluding hydrogens is 456 g/mol. The van der Waals surface area contributed by atoms with Crippen LogP contribution in [0.25, 0.3) is 0 Å². The van der Waals surface area contributed by atoms with Crippen LogP contribution in [-0.2, 0) is 24.7 Å². The van der Waals surface area contributed by atoms with Gasteiger partial charge < -0.3 is 10.6 Å². The zero-order chi connectivity index (χ0) is 22.9. The van der Waals surface area contributed by atoms with Crippen LogP contribution in [0.3, 0.4) is 0 Å². The van der Waals surface area contributed by atoms with E-state index in [4.69, 9.17) is 0 Å². The van der Waals surface area contributed by atoms with Crippen LogP contribution in [0.15, 0.2) is 23.1 Å². The van der Waals surface area contributed by atoms with Crippen LogP contribution in [0.5, 0.6) is 0 Å². The highest BCUT2D eigenvalue weighted by molar-refractivity contribution is 7.98. The van der Waals surface area contributed by atoms with Crippen molar-refractivity contribution >= 4 is 48.9 Å². The van der Waals surface area contributed by atoms with Crippen LogP contribution >= 0.6 is 11.8 Å². The van der Waals surface area contributed by atoms with E-state index in [1.165, 1.54) is 30.8 Å². The van der Waals surface area contributed by atoms with Crippen molar-refractivity contribution in [2.24, 2.45) is 0 Å². The van der Waals surface area contributed by atoms with Crippen molar-refractivity contribution in [3.8, 4) is 0 Å². The predicted octanol–water partition coefficient (Wildman–Crippen LogP) is 0.587. The van der Waals surface area contributed by atoms with Gasteiger partial charge in [0, 0.05) is 25.4 Å². The van der Waals surface area contributed by atoms with Crippen LogP contribution in [0, 0.1) is 10.1 Å². The quantitative estimate of drug-likeness (QED) is 0.207. The molecule has 0 fully saturated rings. The summed E-state index contributed by atoms with van der Waals surface area (Å²) in [6.45, 7) is 1.66. The number of benzene rings is 1. The van der Waals surface area contributed by atoms with Gasteiger partial charge >= 0.3 is 0 Å². The van der Waals surface area contributed by atoms with Gasteiger partial charge in [0.1, 0.15) is 11.7 Å². The molecule has 11 nitrogen and oxygen atoms in total. The molecule has 1 amide bonds. The smallest absolute Gasteiger partial charge is 0.293 e. The van der Waals surface area contributed by atoms with Crippen LogP contribution < -0.4 is 15.4 Å². The van der Waals surface area contributed by atoms with E-state index < -0.39 is 42.4 Å². The number of carbonyl (C=O) groups is 1.